The van der Waals surface area contributed by atoms with Crippen LogP contribution in [0.4, 0.5) is 0 Å². The van der Waals surface area contributed by atoms with E-state index >= 15 is 0 Å². The summed E-state index contributed by atoms with van der Waals surface area (Å²) in [7, 11) is 0. The monoisotopic (exact) mass is 203 g/mol. The summed E-state index contributed by atoms with van der Waals surface area (Å²) in [6.45, 7) is 0. The Morgan fingerprint density at radius 2 is 1.93 bits per heavy atom. The van der Waals surface area contributed by atoms with Gasteiger partial charge in [-0.05, 0) is 30.0 Å². The highest BCUT2D eigenvalue weighted by Gasteiger charge is 1.99. The third-order valence-corrected chi connectivity index (χ3v) is 2.27. The minimum Gasteiger partial charge on any atom is -0.411 e. The molecule has 0 fully saturated rings. The predicted molar refractivity (Wildman–Crippen MR) is 55.7 cm³/mol. The van der Waals surface area contributed by atoms with Gasteiger partial charge in [0.05, 0.1) is 11.9 Å². The summed E-state index contributed by atoms with van der Waals surface area (Å²) in [4.78, 5) is 0.748. The molecule has 1 heterocycles. The molecule has 2 aromatic rings. The fraction of sp³-hybridized carbons (Fsp3) is 0.273. The van der Waals surface area contributed by atoms with Gasteiger partial charge in [-0.2, -0.15) is 0 Å². The smallest absolute Gasteiger partial charge is 0.0900 e. The first-order chi connectivity index (χ1) is 7.34. The van der Waals surface area contributed by atoms with E-state index in [2.05, 4.69) is 22.4 Å². The van der Waals surface area contributed by atoms with Crippen molar-refractivity contribution in [2.75, 3.05) is 0 Å². The van der Waals surface area contributed by atoms with E-state index in [0.717, 1.165) is 29.8 Å². The van der Waals surface area contributed by atoms with Crippen molar-refractivity contribution >= 4 is 0 Å². The molecule has 0 aliphatic carbocycles. The molecular weight excluding hydrogens is 190 g/mol. The third kappa shape index (κ3) is 2.80. The highest BCUT2D eigenvalue weighted by molar-refractivity contribution is 5.14. The molecule has 15 heavy (non-hydrogen) atoms. The van der Waals surface area contributed by atoms with Gasteiger partial charge < -0.3 is 5.21 Å². The van der Waals surface area contributed by atoms with Crippen molar-refractivity contribution in [1.29, 1.82) is 0 Å². The van der Waals surface area contributed by atoms with Gasteiger partial charge in [0.2, 0.25) is 0 Å². The minimum atomic E-state index is 0.748. The topological polar surface area (TPSA) is 50.9 Å². The molecule has 2 rings (SSSR count). The Balaban J connectivity index is 1.80. The molecule has 0 amide bonds. The molecule has 1 aromatic carbocycles. The first-order valence-corrected chi connectivity index (χ1v) is 4.99. The largest absolute Gasteiger partial charge is 0.411 e. The summed E-state index contributed by atoms with van der Waals surface area (Å²) in [6.07, 6.45) is 4.42. The zero-order valence-electron chi connectivity index (χ0n) is 8.37. The highest BCUT2D eigenvalue weighted by atomic mass is 16.5. The fourth-order valence-corrected chi connectivity index (χ4v) is 1.52. The molecule has 1 N–H and O–H groups in total. The van der Waals surface area contributed by atoms with Gasteiger partial charge in [0, 0.05) is 0 Å². The zero-order chi connectivity index (χ0) is 10.5. The van der Waals surface area contributed by atoms with E-state index in [1.165, 1.54) is 11.8 Å². The summed E-state index contributed by atoms with van der Waals surface area (Å²) in [6, 6.07) is 10.3. The lowest BCUT2D eigenvalue weighted by atomic mass is 10.1. The second-order valence-electron chi connectivity index (χ2n) is 3.47. The van der Waals surface area contributed by atoms with Crippen LogP contribution in [0.1, 0.15) is 17.7 Å². The van der Waals surface area contributed by atoms with Crippen LogP contribution in [0, 0.1) is 0 Å². The molecule has 1 aromatic heterocycles. The first-order valence-electron chi connectivity index (χ1n) is 4.99. The van der Waals surface area contributed by atoms with Crippen LogP contribution in [0.15, 0.2) is 36.5 Å². The van der Waals surface area contributed by atoms with Crippen molar-refractivity contribution in [2.24, 2.45) is 0 Å². The van der Waals surface area contributed by atoms with Gasteiger partial charge in [-0.25, -0.2) is 0 Å². The number of rotatable bonds is 4. The molecule has 0 spiro atoms. The lowest BCUT2D eigenvalue weighted by Crippen LogP contribution is -1.90. The molecule has 0 unspecified atom stereocenters. The fourth-order valence-electron chi connectivity index (χ4n) is 1.52. The molecule has 0 aliphatic rings. The van der Waals surface area contributed by atoms with E-state index in [1.807, 2.05) is 18.2 Å². The Morgan fingerprint density at radius 3 is 2.60 bits per heavy atom. The molecule has 78 valence electrons. The third-order valence-electron chi connectivity index (χ3n) is 2.27. The highest BCUT2D eigenvalue weighted by Crippen LogP contribution is 2.05. The van der Waals surface area contributed by atoms with Crippen LogP contribution in [0.2, 0.25) is 0 Å². The summed E-state index contributed by atoms with van der Waals surface area (Å²) < 4.78 is 0. The van der Waals surface area contributed by atoms with Gasteiger partial charge in [0.1, 0.15) is 0 Å². The number of benzene rings is 1. The van der Waals surface area contributed by atoms with Crippen LogP contribution in [0.5, 0.6) is 0 Å². The van der Waals surface area contributed by atoms with Crippen LogP contribution in [0.25, 0.3) is 0 Å². The maximum atomic E-state index is 8.91. The van der Waals surface area contributed by atoms with Crippen molar-refractivity contribution in [3.05, 3.63) is 47.8 Å². The minimum absolute atomic E-state index is 0.748. The van der Waals surface area contributed by atoms with E-state index in [1.54, 1.807) is 0 Å². The number of aromatic nitrogens is 3. The van der Waals surface area contributed by atoms with Gasteiger partial charge in [0.25, 0.3) is 0 Å². The molecule has 0 saturated heterocycles. The maximum absolute atomic E-state index is 8.91. The van der Waals surface area contributed by atoms with Gasteiger partial charge in [-0.15, -0.1) is 5.10 Å². The second-order valence-corrected chi connectivity index (χ2v) is 3.47. The van der Waals surface area contributed by atoms with Crippen molar-refractivity contribution < 1.29 is 5.21 Å². The van der Waals surface area contributed by atoms with E-state index in [9.17, 15) is 0 Å². The SMILES string of the molecule is On1cc(CCCc2ccccc2)nn1. The van der Waals surface area contributed by atoms with E-state index in [0.29, 0.717) is 0 Å². The van der Waals surface area contributed by atoms with Crippen molar-refractivity contribution in [1.82, 2.24) is 15.2 Å². The Bertz CT molecular complexity index is 411. The van der Waals surface area contributed by atoms with Crippen LogP contribution < -0.4 is 0 Å². The molecule has 0 radical (unpaired) electrons. The number of nitrogens with zero attached hydrogens (tertiary/aromatic N) is 3. The lowest BCUT2D eigenvalue weighted by Gasteiger charge is -1.98. The van der Waals surface area contributed by atoms with E-state index in [4.69, 9.17) is 5.21 Å². The molecule has 4 heteroatoms. The van der Waals surface area contributed by atoms with Gasteiger partial charge in [0.15, 0.2) is 0 Å². The average molecular weight is 203 g/mol. The zero-order valence-corrected chi connectivity index (χ0v) is 8.37. The molecule has 0 aliphatic heterocycles. The van der Waals surface area contributed by atoms with Gasteiger partial charge in [-0.3, -0.25) is 0 Å². The lowest BCUT2D eigenvalue weighted by molar-refractivity contribution is 0.143. The Hall–Kier alpha value is -1.84. The summed E-state index contributed by atoms with van der Waals surface area (Å²) >= 11 is 0. The van der Waals surface area contributed by atoms with Gasteiger partial charge >= 0.3 is 0 Å². The second kappa shape index (κ2) is 4.59. The predicted octanol–water partition coefficient (Wildman–Crippen LogP) is 1.69. The van der Waals surface area contributed by atoms with Crippen LogP contribution in [-0.4, -0.2) is 20.4 Å². The van der Waals surface area contributed by atoms with Crippen molar-refractivity contribution in [3.63, 3.8) is 0 Å². The summed E-state index contributed by atoms with van der Waals surface area (Å²) in [5.41, 5.74) is 2.15. The first kappa shape index (κ1) is 9.71. The molecule has 0 bridgehead atoms. The quantitative estimate of drug-likeness (QED) is 0.769. The van der Waals surface area contributed by atoms with Crippen LogP contribution >= 0.6 is 0 Å². The molecule has 4 nitrogen and oxygen atoms in total. The van der Waals surface area contributed by atoms with Crippen molar-refractivity contribution in [2.45, 2.75) is 19.3 Å². The number of hydrogen-bond donors (Lipinski definition) is 1. The maximum Gasteiger partial charge on any atom is 0.0900 e. The standard InChI is InChI=1S/C11H13N3O/c15-14-9-11(12-13-14)8-4-7-10-5-2-1-3-6-10/h1-3,5-6,9,15H,4,7-8H2. The Morgan fingerprint density at radius 1 is 1.13 bits per heavy atom. The van der Waals surface area contributed by atoms with Crippen LogP contribution in [0.3, 0.4) is 0 Å². The summed E-state index contributed by atoms with van der Waals surface area (Å²) in [5, 5.41) is 16.2. The van der Waals surface area contributed by atoms with E-state index in [-0.39, 0.29) is 0 Å². The Kier molecular flexibility index (Phi) is 2.97. The molecule has 0 atom stereocenters. The average Bonchev–Trinajstić information content (AvgIpc) is 2.66. The number of aryl methyl sites for hydroxylation is 2. The molecular formula is C11H13N3O. The van der Waals surface area contributed by atoms with Crippen LogP contribution in [-0.2, 0) is 12.8 Å². The Labute approximate surface area is 88.1 Å². The molecule has 0 saturated carbocycles. The van der Waals surface area contributed by atoms with E-state index < -0.39 is 0 Å². The van der Waals surface area contributed by atoms with Crippen molar-refractivity contribution in [3.8, 4) is 0 Å². The summed E-state index contributed by atoms with van der Waals surface area (Å²) in [5.74, 6) is 0. The normalized spacial score (nSPS) is 10.4. The number of hydrogen-bond acceptors (Lipinski definition) is 3. The van der Waals surface area contributed by atoms with Gasteiger partial charge in [-0.1, -0.05) is 35.2 Å².